The zero-order chi connectivity index (χ0) is 13.3. The van der Waals surface area contributed by atoms with E-state index in [1.54, 1.807) is 5.38 Å². The molecule has 0 aliphatic heterocycles. The van der Waals surface area contributed by atoms with Crippen LogP contribution in [0.25, 0.3) is 0 Å². The topological polar surface area (TPSA) is 94.2 Å². The van der Waals surface area contributed by atoms with Crippen LogP contribution < -0.4 is 11.1 Å². The van der Waals surface area contributed by atoms with Gasteiger partial charge >= 0.3 is 17.1 Å². The van der Waals surface area contributed by atoms with Crippen LogP contribution in [-0.4, -0.2) is 25.2 Å². The average molecular weight is 267 g/mol. The fourth-order valence-corrected chi connectivity index (χ4v) is 2.01. The van der Waals surface area contributed by atoms with Crippen molar-refractivity contribution in [1.29, 1.82) is 0 Å². The summed E-state index contributed by atoms with van der Waals surface area (Å²) in [4.78, 5) is 37.5. The van der Waals surface area contributed by atoms with Crippen molar-refractivity contribution in [3.05, 3.63) is 49.2 Å². The molecular formula is C10H9N3O4S. The molecular weight excluding hydrogens is 258 g/mol. The molecule has 2 aromatic heterocycles. The van der Waals surface area contributed by atoms with Gasteiger partial charge in [-0.1, -0.05) is 0 Å². The van der Waals surface area contributed by atoms with Gasteiger partial charge in [0.2, 0.25) is 5.01 Å². The molecule has 18 heavy (non-hydrogen) atoms. The fourth-order valence-electron chi connectivity index (χ4n) is 1.37. The predicted octanol–water partition coefficient (Wildman–Crippen LogP) is -0.250. The lowest BCUT2D eigenvalue weighted by molar-refractivity contribution is 0.0696. The van der Waals surface area contributed by atoms with Crippen molar-refractivity contribution in [2.75, 3.05) is 0 Å². The molecule has 0 radical (unpaired) electrons. The highest BCUT2D eigenvalue weighted by Gasteiger charge is 2.10. The minimum atomic E-state index is -1.11. The Kier molecular flexibility index (Phi) is 3.11. The number of thiazole rings is 1. The zero-order valence-corrected chi connectivity index (χ0v) is 10.2. The third kappa shape index (κ3) is 2.23. The van der Waals surface area contributed by atoms with Crippen molar-refractivity contribution < 1.29 is 9.90 Å². The second-order valence-electron chi connectivity index (χ2n) is 3.60. The number of aryl methyl sites for hydroxylation is 1. The Morgan fingerprint density at radius 1 is 1.39 bits per heavy atom. The first-order valence-electron chi connectivity index (χ1n) is 4.93. The molecule has 0 saturated heterocycles. The van der Waals surface area contributed by atoms with Gasteiger partial charge in [0.25, 0.3) is 0 Å². The van der Waals surface area contributed by atoms with Gasteiger partial charge in [0.05, 0.1) is 12.2 Å². The summed E-state index contributed by atoms with van der Waals surface area (Å²) >= 11 is 0.981. The molecule has 0 unspecified atom stereocenters. The van der Waals surface area contributed by atoms with Crippen molar-refractivity contribution in [3.63, 3.8) is 0 Å². The van der Waals surface area contributed by atoms with Gasteiger partial charge in [-0.2, -0.15) is 0 Å². The molecule has 0 aromatic carbocycles. The van der Waals surface area contributed by atoms with Crippen molar-refractivity contribution in [2.45, 2.75) is 6.54 Å². The van der Waals surface area contributed by atoms with Gasteiger partial charge in [0.1, 0.15) is 0 Å². The number of carbonyl (C=O) groups is 1. The minimum absolute atomic E-state index is 0.0399. The number of aromatic carboxylic acids is 1. The Morgan fingerprint density at radius 2 is 2.11 bits per heavy atom. The first kappa shape index (κ1) is 12.2. The van der Waals surface area contributed by atoms with Gasteiger partial charge in [-0.05, 0) is 0 Å². The van der Waals surface area contributed by atoms with E-state index in [1.165, 1.54) is 28.6 Å². The van der Waals surface area contributed by atoms with E-state index in [0.717, 1.165) is 11.3 Å². The van der Waals surface area contributed by atoms with E-state index in [0.29, 0.717) is 5.69 Å². The van der Waals surface area contributed by atoms with Crippen LogP contribution in [0.1, 0.15) is 15.5 Å². The number of hydrogen-bond acceptors (Lipinski definition) is 5. The molecule has 0 fully saturated rings. The largest absolute Gasteiger partial charge is 0.476 e. The molecule has 1 N–H and O–H groups in total. The van der Waals surface area contributed by atoms with Crippen molar-refractivity contribution in [2.24, 2.45) is 7.05 Å². The minimum Gasteiger partial charge on any atom is -0.476 e. The smallest absolute Gasteiger partial charge is 0.365 e. The Balaban J connectivity index is 2.34. The number of aromatic nitrogens is 3. The Bertz CT molecular complexity index is 712. The van der Waals surface area contributed by atoms with Gasteiger partial charge < -0.3 is 14.2 Å². The molecule has 0 aliphatic carbocycles. The summed E-state index contributed by atoms with van der Waals surface area (Å²) in [6.45, 7) is 0.0820. The van der Waals surface area contributed by atoms with Crippen molar-refractivity contribution in [3.8, 4) is 0 Å². The maximum atomic E-state index is 11.6. The standard InChI is InChI=1S/C10H9N3O4S/c1-12-2-3-13(9(15)8(12)14)4-6-5-18-7(11-6)10(16)17/h2-3,5H,4H2,1H3,(H,16,17). The SMILES string of the molecule is Cn1ccn(Cc2csc(C(=O)O)n2)c(=O)c1=O. The number of carboxylic acids is 1. The van der Waals surface area contributed by atoms with Crippen molar-refractivity contribution >= 4 is 17.3 Å². The molecule has 0 spiro atoms. The van der Waals surface area contributed by atoms with Crippen LogP contribution in [0.4, 0.5) is 0 Å². The van der Waals surface area contributed by atoms with Crippen LogP contribution in [0, 0.1) is 0 Å². The summed E-state index contributed by atoms with van der Waals surface area (Å²) in [5, 5.41) is 10.2. The van der Waals surface area contributed by atoms with E-state index in [-0.39, 0.29) is 11.6 Å². The quantitative estimate of drug-likeness (QED) is 0.774. The molecule has 0 aliphatic rings. The van der Waals surface area contributed by atoms with Crippen LogP contribution in [0.2, 0.25) is 0 Å². The lowest BCUT2D eigenvalue weighted by atomic mass is 10.4. The summed E-state index contributed by atoms with van der Waals surface area (Å²) < 4.78 is 2.38. The third-order valence-corrected chi connectivity index (χ3v) is 3.18. The van der Waals surface area contributed by atoms with Gasteiger partial charge in [0.15, 0.2) is 0 Å². The Labute approximate surface area is 105 Å². The van der Waals surface area contributed by atoms with E-state index in [2.05, 4.69) is 4.98 Å². The number of rotatable bonds is 3. The summed E-state index contributed by atoms with van der Waals surface area (Å²) in [6, 6.07) is 0. The lowest BCUT2D eigenvalue weighted by Gasteiger charge is -2.03. The average Bonchev–Trinajstić information content (AvgIpc) is 2.79. The molecule has 8 heteroatoms. The molecule has 94 valence electrons. The van der Waals surface area contributed by atoms with Gasteiger partial charge in [0, 0.05) is 24.8 Å². The summed E-state index contributed by atoms with van der Waals surface area (Å²) in [5.41, 5.74) is -0.858. The van der Waals surface area contributed by atoms with Crippen LogP contribution in [0.15, 0.2) is 27.4 Å². The Hall–Kier alpha value is -2.22. The maximum Gasteiger partial charge on any atom is 0.365 e. The molecule has 0 amide bonds. The first-order chi connectivity index (χ1) is 8.49. The van der Waals surface area contributed by atoms with Gasteiger partial charge in [-0.25, -0.2) is 9.78 Å². The zero-order valence-electron chi connectivity index (χ0n) is 9.36. The maximum absolute atomic E-state index is 11.6. The Morgan fingerprint density at radius 3 is 2.72 bits per heavy atom. The molecule has 7 nitrogen and oxygen atoms in total. The van der Waals surface area contributed by atoms with Crippen LogP contribution >= 0.6 is 11.3 Å². The van der Waals surface area contributed by atoms with Gasteiger partial charge in [-0.15, -0.1) is 11.3 Å². The van der Waals surface area contributed by atoms with E-state index in [9.17, 15) is 14.4 Å². The second kappa shape index (κ2) is 4.57. The highest BCUT2D eigenvalue weighted by molar-refractivity contribution is 7.11. The molecule has 2 rings (SSSR count). The van der Waals surface area contributed by atoms with Crippen molar-refractivity contribution in [1.82, 2.24) is 14.1 Å². The third-order valence-electron chi connectivity index (χ3n) is 2.30. The number of hydrogen-bond donors (Lipinski definition) is 1. The molecule has 0 bridgehead atoms. The number of carboxylic acid groups (broad SMARTS) is 1. The highest BCUT2D eigenvalue weighted by atomic mass is 32.1. The van der Waals surface area contributed by atoms with Gasteiger partial charge in [-0.3, -0.25) is 9.59 Å². The fraction of sp³-hybridized carbons (Fsp3) is 0.200. The predicted molar refractivity (Wildman–Crippen MR) is 64.1 cm³/mol. The van der Waals surface area contributed by atoms with Crippen LogP contribution in [-0.2, 0) is 13.6 Å². The van der Waals surface area contributed by atoms with E-state index >= 15 is 0 Å². The number of nitrogens with zero attached hydrogens (tertiary/aromatic N) is 3. The molecule has 2 heterocycles. The van der Waals surface area contributed by atoms with E-state index in [1.807, 2.05) is 0 Å². The molecule has 0 saturated carbocycles. The van der Waals surface area contributed by atoms with E-state index in [4.69, 9.17) is 5.11 Å². The summed E-state index contributed by atoms with van der Waals surface area (Å²) in [7, 11) is 1.49. The first-order valence-corrected chi connectivity index (χ1v) is 5.81. The molecule has 0 atom stereocenters. The molecule has 2 aromatic rings. The summed E-state index contributed by atoms with van der Waals surface area (Å²) in [6.07, 6.45) is 2.93. The normalized spacial score (nSPS) is 10.5. The van der Waals surface area contributed by atoms with Crippen LogP contribution in [0.5, 0.6) is 0 Å². The monoisotopic (exact) mass is 267 g/mol. The highest BCUT2D eigenvalue weighted by Crippen LogP contribution is 2.09. The van der Waals surface area contributed by atoms with E-state index < -0.39 is 17.1 Å². The summed E-state index contributed by atoms with van der Waals surface area (Å²) in [5.74, 6) is -1.11. The van der Waals surface area contributed by atoms with Crippen LogP contribution in [0.3, 0.4) is 0 Å². The second-order valence-corrected chi connectivity index (χ2v) is 4.45. The lowest BCUT2D eigenvalue weighted by Crippen LogP contribution is -2.39.